The van der Waals surface area contributed by atoms with Gasteiger partial charge in [-0.2, -0.15) is 0 Å². The van der Waals surface area contributed by atoms with Gasteiger partial charge in [-0.05, 0) is 43.4 Å². The van der Waals surface area contributed by atoms with Crippen molar-refractivity contribution in [2.45, 2.75) is 32.6 Å². The summed E-state index contributed by atoms with van der Waals surface area (Å²) in [5.74, 6) is 0. The molecule has 23 heavy (non-hydrogen) atoms. The van der Waals surface area contributed by atoms with Gasteiger partial charge in [-0.3, -0.25) is 10.1 Å². The Bertz CT molecular complexity index is 864. The van der Waals surface area contributed by atoms with Gasteiger partial charge >= 0.3 is 5.69 Å². The largest absolute Gasteiger partial charge is 0.301 e. The molecule has 8 nitrogen and oxygen atoms in total. The quantitative estimate of drug-likeness (QED) is 0.481. The molecule has 118 valence electrons. The maximum atomic E-state index is 11.2. The molecular formula is C11H8N6O2S4. The second-order valence-electron chi connectivity index (χ2n) is 4.11. The van der Waals surface area contributed by atoms with Gasteiger partial charge in [0.25, 0.3) is 0 Å². The molecule has 0 amide bonds. The molecule has 12 heteroatoms. The van der Waals surface area contributed by atoms with Crippen LogP contribution in [0.4, 0.5) is 5.69 Å². The first-order valence-corrected chi connectivity index (χ1v) is 9.39. The van der Waals surface area contributed by atoms with Gasteiger partial charge in [0, 0.05) is 6.07 Å². The second kappa shape index (κ2) is 6.86. The third-order valence-corrected chi connectivity index (χ3v) is 6.11. The lowest BCUT2D eigenvalue weighted by atomic mass is 10.4. The van der Waals surface area contributed by atoms with Crippen molar-refractivity contribution < 1.29 is 4.92 Å². The Labute approximate surface area is 146 Å². The van der Waals surface area contributed by atoms with Crippen molar-refractivity contribution in [2.24, 2.45) is 0 Å². The number of nitrogens with zero attached hydrogens (tertiary/aromatic N) is 6. The van der Waals surface area contributed by atoms with Crippen LogP contribution in [0, 0.1) is 24.0 Å². The minimum absolute atomic E-state index is 0.0550. The zero-order valence-electron chi connectivity index (χ0n) is 11.8. The molecule has 3 aromatic heterocycles. The standard InChI is InChI=1S/C11H8N6O2S4/c1-5-13-15-10(20-5)22-8-4-3-7(17(18)19)9(12-8)23-11-16-14-6(2)21-11/h3-4H,1-2H3. The van der Waals surface area contributed by atoms with Gasteiger partial charge < -0.3 is 0 Å². The van der Waals surface area contributed by atoms with Crippen LogP contribution in [0.1, 0.15) is 10.0 Å². The topological polar surface area (TPSA) is 108 Å². The van der Waals surface area contributed by atoms with Crippen LogP contribution in [-0.4, -0.2) is 30.3 Å². The Morgan fingerprint density at radius 2 is 1.61 bits per heavy atom. The van der Waals surface area contributed by atoms with Crippen molar-refractivity contribution in [3.63, 3.8) is 0 Å². The summed E-state index contributed by atoms with van der Waals surface area (Å²) in [6, 6.07) is 3.05. The maximum absolute atomic E-state index is 11.2. The van der Waals surface area contributed by atoms with Gasteiger partial charge in [0.15, 0.2) is 13.7 Å². The summed E-state index contributed by atoms with van der Waals surface area (Å²) in [4.78, 5) is 15.1. The highest BCUT2D eigenvalue weighted by atomic mass is 32.2. The summed E-state index contributed by atoms with van der Waals surface area (Å²) in [7, 11) is 0. The van der Waals surface area contributed by atoms with E-state index in [1.54, 1.807) is 6.07 Å². The number of rotatable bonds is 5. The Hall–Kier alpha value is -1.63. The van der Waals surface area contributed by atoms with Crippen LogP contribution in [0.5, 0.6) is 0 Å². The number of hydrogen-bond acceptors (Lipinski definition) is 11. The van der Waals surface area contributed by atoms with E-state index in [-0.39, 0.29) is 10.7 Å². The van der Waals surface area contributed by atoms with E-state index < -0.39 is 4.92 Å². The van der Waals surface area contributed by atoms with Crippen molar-refractivity contribution in [1.29, 1.82) is 0 Å². The van der Waals surface area contributed by atoms with Crippen molar-refractivity contribution in [2.75, 3.05) is 0 Å². The number of pyridine rings is 1. The molecule has 0 aliphatic heterocycles. The van der Waals surface area contributed by atoms with E-state index >= 15 is 0 Å². The van der Waals surface area contributed by atoms with E-state index in [0.29, 0.717) is 9.37 Å². The first-order valence-electron chi connectivity index (χ1n) is 6.12. The predicted molar refractivity (Wildman–Crippen MR) is 88.4 cm³/mol. The molecule has 0 radical (unpaired) electrons. The minimum atomic E-state index is -0.452. The Morgan fingerprint density at radius 1 is 1.00 bits per heavy atom. The minimum Gasteiger partial charge on any atom is -0.258 e. The fourth-order valence-electron chi connectivity index (χ4n) is 1.50. The normalized spacial score (nSPS) is 10.9. The molecule has 0 saturated heterocycles. The van der Waals surface area contributed by atoms with Crippen LogP contribution in [0.2, 0.25) is 0 Å². The Balaban J connectivity index is 1.90. The third kappa shape index (κ3) is 4.02. The van der Waals surface area contributed by atoms with Gasteiger partial charge in [0.05, 0.1) is 4.92 Å². The van der Waals surface area contributed by atoms with E-state index in [1.165, 1.54) is 40.5 Å². The highest BCUT2D eigenvalue weighted by Gasteiger charge is 2.20. The van der Waals surface area contributed by atoms with Crippen LogP contribution in [0.15, 0.2) is 30.9 Å². The molecule has 0 aliphatic rings. The van der Waals surface area contributed by atoms with E-state index in [1.807, 2.05) is 13.8 Å². The average Bonchev–Trinajstić information content (AvgIpc) is 3.07. The predicted octanol–water partition coefficient (Wildman–Crippen LogP) is 3.61. The molecule has 3 heterocycles. The third-order valence-electron chi connectivity index (χ3n) is 2.40. The molecule has 0 fully saturated rings. The first-order chi connectivity index (χ1) is 11.0. The lowest BCUT2D eigenvalue weighted by molar-refractivity contribution is -0.388. The van der Waals surface area contributed by atoms with Crippen LogP contribution in [-0.2, 0) is 0 Å². The molecule has 0 N–H and O–H groups in total. The van der Waals surface area contributed by atoms with Crippen LogP contribution in [0.25, 0.3) is 0 Å². The molecule has 0 unspecified atom stereocenters. The fourth-order valence-corrected chi connectivity index (χ4v) is 5.11. The molecule has 0 aromatic carbocycles. The second-order valence-corrected chi connectivity index (χ2v) is 8.98. The summed E-state index contributed by atoms with van der Waals surface area (Å²) in [6.07, 6.45) is 0. The van der Waals surface area contributed by atoms with Crippen LogP contribution >= 0.6 is 46.2 Å². The zero-order valence-corrected chi connectivity index (χ0v) is 15.1. The van der Waals surface area contributed by atoms with E-state index in [4.69, 9.17) is 0 Å². The van der Waals surface area contributed by atoms with Gasteiger partial charge in [0.1, 0.15) is 15.0 Å². The molecule has 0 saturated carbocycles. The fraction of sp³-hybridized carbons (Fsp3) is 0.182. The zero-order chi connectivity index (χ0) is 16.4. The monoisotopic (exact) mass is 384 g/mol. The average molecular weight is 384 g/mol. The molecule has 3 rings (SSSR count). The number of aryl methyl sites for hydroxylation is 2. The lowest BCUT2D eigenvalue weighted by Crippen LogP contribution is -1.94. The lowest BCUT2D eigenvalue weighted by Gasteiger charge is -2.02. The smallest absolute Gasteiger partial charge is 0.258 e. The molecule has 3 aromatic rings. The summed E-state index contributed by atoms with van der Waals surface area (Å²) in [5.41, 5.74) is -0.0550. The van der Waals surface area contributed by atoms with Gasteiger partial charge in [-0.1, -0.05) is 22.7 Å². The van der Waals surface area contributed by atoms with Gasteiger partial charge in [0.2, 0.25) is 0 Å². The van der Waals surface area contributed by atoms with E-state index in [2.05, 4.69) is 25.4 Å². The molecule has 0 aliphatic carbocycles. The molecule has 0 spiro atoms. The van der Waals surface area contributed by atoms with Crippen LogP contribution in [0.3, 0.4) is 0 Å². The van der Waals surface area contributed by atoms with Crippen molar-refractivity contribution in [3.05, 3.63) is 32.3 Å². The maximum Gasteiger partial charge on any atom is 0.301 e. The summed E-state index contributed by atoms with van der Waals surface area (Å²) in [6.45, 7) is 3.69. The molecular weight excluding hydrogens is 376 g/mol. The van der Waals surface area contributed by atoms with Gasteiger partial charge in [-0.25, -0.2) is 4.98 Å². The molecule has 0 bridgehead atoms. The SMILES string of the molecule is Cc1nnc(Sc2ccc([N+](=O)[O-])c(Sc3nnc(C)s3)n2)s1. The van der Waals surface area contributed by atoms with E-state index in [9.17, 15) is 10.1 Å². The highest BCUT2D eigenvalue weighted by Crippen LogP contribution is 2.37. The Morgan fingerprint density at radius 3 is 2.13 bits per heavy atom. The summed E-state index contributed by atoms with van der Waals surface area (Å²) >= 11 is 5.28. The van der Waals surface area contributed by atoms with Crippen molar-refractivity contribution in [1.82, 2.24) is 25.4 Å². The number of aromatic nitrogens is 5. The Kier molecular flexibility index (Phi) is 4.84. The summed E-state index contributed by atoms with van der Waals surface area (Å²) in [5, 5.41) is 29.6. The number of hydrogen-bond donors (Lipinski definition) is 0. The van der Waals surface area contributed by atoms with Crippen molar-refractivity contribution in [3.8, 4) is 0 Å². The first kappa shape index (κ1) is 16.2. The molecule has 0 atom stereocenters. The van der Waals surface area contributed by atoms with Gasteiger partial charge in [-0.15, -0.1) is 20.4 Å². The number of nitro groups is 1. The van der Waals surface area contributed by atoms with Crippen molar-refractivity contribution >= 4 is 51.9 Å². The van der Waals surface area contributed by atoms with Crippen LogP contribution < -0.4 is 0 Å². The summed E-state index contributed by atoms with van der Waals surface area (Å²) < 4.78 is 1.36. The van der Waals surface area contributed by atoms with E-state index in [0.717, 1.165) is 26.1 Å². The highest BCUT2D eigenvalue weighted by molar-refractivity contribution is 8.01.